The van der Waals surface area contributed by atoms with Crippen molar-refractivity contribution < 1.29 is 70.5 Å². The molecule has 3 atom stereocenters. The summed E-state index contributed by atoms with van der Waals surface area (Å²) < 4.78 is 53.1. The molecular formula is C63H104N10O15S. The Balaban J connectivity index is 0. The fourth-order valence-electron chi connectivity index (χ4n) is 7.72. The molecule has 0 aliphatic carbocycles. The molecule has 0 spiro atoms. The second-order valence-electron chi connectivity index (χ2n) is 21.9. The Morgan fingerprint density at radius 1 is 0.865 bits per heavy atom. The number of anilines is 1. The highest BCUT2D eigenvalue weighted by Gasteiger charge is 2.29. The van der Waals surface area contributed by atoms with E-state index in [0.717, 1.165) is 43.6 Å². The van der Waals surface area contributed by atoms with Gasteiger partial charge in [0.15, 0.2) is 0 Å². The molecule has 0 bridgehead atoms. The highest BCUT2D eigenvalue weighted by molar-refractivity contribution is 7.89. The van der Waals surface area contributed by atoms with Gasteiger partial charge in [-0.15, -0.1) is 6.58 Å². The van der Waals surface area contributed by atoms with Crippen molar-refractivity contribution >= 4 is 75.4 Å². The number of methoxy groups -OCH3 is 1. The van der Waals surface area contributed by atoms with E-state index < -0.39 is 69.5 Å². The summed E-state index contributed by atoms with van der Waals surface area (Å²) in [6.07, 6.45) is 11.1. The molecule has 1 aliphatic rings. The van der Waals surface area contributed by atoms with Crippen LogP contribution in [0.3, 0.4) is 0 Å². The van der Waals surface area contributed by atoms with Crippen LogP contribution >= 0.6 is 0 Å². The second-order valence-corrected chi connectivity index (χ2v) is 23.6. The molecule has 502 valence electrons. The minimum absolute atomic E-state index is 0.0177. The Hall–Kier alpha value is -7.87. The summed E-state index contributed by atoms with van der Waals surface area (Å²) in [7, 11) is -1.09. The van der Waals surface area contributed by atoms with Crippen LogP contribution in [0.5, 0.6) is 5.75 Å². The molecular weight excluding hydrogens is 1170 g/mol. The summed E-state index contributed by atoms with van der Waals surface area (Å²) >= 11 is 0. The highest BCUT2D eigenvalue weighted by atomic mass is 32.2. The van der Waals surface area contributed by atoms with E-state index in [4.69, 9.17) is 25.4 Å². The quantitative estimate of drug-likeness (QED) is 0.00710. The maximum Gasteiger partial charge on any atom is 0.407 e. The van der Waals surface area contributed by atoms with Gasteiger partial charge in [0.05, 0.1) is 37.7 Å². The van der Waals surface area contributed by atoms with Crippen molar-refractivity contribution in [3.05, 3.63) is 77.4 Å². The third-order valence-corrected chi connectivity index (χ3v) is 13.6. The van der Waals surface area contributed by atoms with Gasteiger partial charge in [-0.05, 0) is 157 Å². The number of hydrogen-bond donors (Lipinski definition) is 9. The zero-order chi connectivity index (χ0) is 68.3. The van der Waals surface area contributed by atoms with Gasteiger partial charge in [0.25, 0.3) is 6.47 Å². The molecule has 25 nitrogen and oxygen atoms in total. The van der Waals surface area contributed by atoms with E-state index in [2.05, 4.69) is 76.7 Å². The first-order chi connectivity index (χ1) is 41.7. The number of carbonyl (C=O) groups excluding carboxylic acids is 8. The number of aryl methyl sites for hydroxylation is 2. The van der Waals surface area contributed by atoms with E-state index in [1.165, 1.54) is 19.8 Å². The van der Waals surface area contributed by atoms with Crippen LogP contribution in [0.2, 0.25) is 0 Å². The van der Waals surface area contributed by atoms with Crippen LogP contribution in [0.15, 0.2) is 65.0 Å². The normalized spacial score (nSPS) is 12.7. The lowest BCUT2D eigenvalue weighted by molar-refractivity contribution is -0.155. The molecule has 0 fully saturated rings. The van der Waals surface area contributed by atoms with E-state index in [9.17, 15) is 46.8 Å². The van der Waals surface area contributed by atoms with Crippen LogP contribution in [-0.4, -0.2) is 145 Å². The zero-order valence-corrected chi connectivity index (χ0v) is 56.3. The second kappa shape index (κ2) is 45.4. The average molecular weight is 1270 g/mol. The van der Waals surface area contributed by atoms with Gasteiger partial charge in [0.2, 0.25) is 33.7 Å². The fraction of sp³-hybridized carbons (Fsp3) is 0.587. The van der Waals surface area contributed by atoms with E-state index in [1.54, 1.807) is 85.0 Å². The van der Waals surface area contributed by atoms with E-state index in [0.29, 0.717) is 60.4 Å². The number of amides is 5. The van der Waals surface area contributed by atoms with Gasteiger partial charge < -0.3 is 66.7 Å². The molecule has 2 aromatic rings. The number of nitrogens with one attached hydrogen (secondary N) is 8. The monoisotopic (exact) mass is 1270 g/mol. The molecule has 0 aromatic heterocycles. The molecule has 10 N–H and O–H groups in total. The van der Waals surface area contributed by atoms with Gasteiger partial charge in [-0.2, -0.15) is 4.72 Å². The number of nitrogens with zero attached hydrogens (tertiary/aromatic N) is 1. The van der Waals surface area contributed by atoms with E-state index in [1.807, 2.05) is 41.5 Å². The SMILES string of the molecule is C/C=C\CC.C=CC.CC(C)(C)OC=O.CCCC(NC(=O)C(CCC(=O)OC(C)(C)C)NC(=O)OCC)C(=O)NCNC(=O)CCCOc1cc(C)c(S(=O)(=O)NC(C)C(=O)OC)c(C)c1.CNc1cc(C(N)=O)ccc1C(=N)CCNC1=NCCCC1. The molecule has 26 heteroatoms. The van der Waals surface area contributed by atoms with Crippen molar-refractivity contribution in [1.82, 2.24) is 31.3 Å². The molecule has 1 aliphatic heterocycles. The molecule has 0 saturated heterocycles. The van der Waals surface area contributed by atoms with Gasteiger partial charge in [-0.3, -0.25) is 38.6 Å². The number of rotatable bonds is 29. The van der Waals surface area contributed by atoms with Crippen LogP contribution in [0.1, 0.15) is 181 Å². The smallest absolute Gasteiger partial charge is 0.407 e. The lowest BCUT2D eigenvalue weighted by atomic mass is 10.0. The number of aliphatic imine (C=N–C) groups is 1. The summed E-state index contributed by atoms with van der Waals surface area (Å²) in [5, 5.41) is 24.7. The van der Waals surface area contributed by atoms with Gasteiger partial charge in [0, 0.05) is 68.3 Å². The molecule has 2 aromatic carbocycles. The van der Waals surface area contributed by atoms with Gasteiger partial charge in [-0.1, -0.05) is 44.6 Å². The van der Waals surface area contributed by atoms with Crippen molar-refractivity contribution in [2.24, 2.45) is 10.7 Å². The fourth-order valence-corrected chi connectivity index (χ4v) is 9.37. The van der Waals surface area contributed by atoms with Crippen molar-refractivity contribution in [3.8, 4) is 5.75 Å². The number of ether oxygens (including phenoxy) is 5. The standard InChI is InChI=1S/C34H55N5O12S.C16H23N5O.C5H10O2.C5H10.C3H6/c1-10-13-25(37-31(43)26(38-33(45)49-11-2)15-16-28(41)51-34(6,7)8)30(42)36-20-35-27(40)14-12-17-50-24-18-21(3)29(22(4)19-24)52(46,47)39-23(5)32(44)48-9;1-19-14-10-11(16(18)22)5-6-12(14)13(17)7-9-21-15-4-2-3-8-20-15;1-5(2,3)7-4-6;1-3-5-4-2;1-3-2/h18-19,23,25-26,39H,10-17,20H2,1-9H3,(H,35,40)(H,36,42)(H,37,43)(H,38,45);5-6,10,17,19H,2-4,7-9H2,1H3,(H2,18,22)(H,20,21);4H,1-3H3;3,5H,4H2,1-2H3;3H,1H2,2H3/b;;;5-3-;. The Morgan fingerprint density at radius 3 is 1.98 bits per heavy atom. The minimum atomic E-state index is -4.03. The number of alkyl carbamates (subject to hydrolysis) is 1. The average Bonchev–Trinajstić information content (AvgIpc) is 3.62. The maximum atomic E-state index is 13.1. The largest absolute Gasteiger partial charge is 0.494 e. The lowest BCUT2D eigenvalue weighted by Crippen LogP contribution is -2.54. The van der Waals surface area contributed by atoms with E-state index in [-0.39, 0.29) is 62.0 Å². The molecule has 0 saturated carbocycles. The number of carbonyl (C=O) groups is 8. The molecule has 3 unspecified atom stereocenters. The summed E-state index contributed by atoms with van der Waals surface area (Å²) in [6, 6.07) is 4.95. The van der Waals surface area contributed by atoms with Crippen molar-refractivity contribution in [1.29, 1.82) is 5.41 Å². The predicted octanol–water partition coefficient (Wildman–Crippen LogP) is 7.89. The summed E-state index contributed by atoms with van der Waals surface area (Å²) in [4.78, 5) is 99.7. The number of sulfonamides is 1. The van der Waals surface area contributed by atoms with Crippen LogP contribution < -0.4 is 47.1 Å². The molecule has 5 amide bonds. The Bertz CT molecular complexity index is 2720. The molecule has 3 rings (SSSR count). The van der Waals surface area contributed by atoms with Crippen LogP contribution in [0, 0.1) is 19.3 Å². The number of primary amides is 1. The minimum Gasteiger partial charge on any atom is -0.494 e. The Morgan fingerprint density at radius 2 is 1.49 bits per heavy atom. The van der Waals surface area contributed by atoms with Crippen molar-refractivity contribution in [3.63, 3.8) is 0 Å². The van der Waals surface area contributed by atoms with Gasteiger partial charge in [-0.25, -0.2) is 13.2 Å². The van der Waals surface area contributed by atoms with Crippen molar-refractivity contribution in [2.45, 2.75) is 202 Å². The van der Waals surface area contributed by atoms with Crippen LogP contribution in [-0.2, 0) is 57.7 Å². The summed E-state index contributed by atoms with van der Waals surface area (Å²) in [5.74, 6) is -1.93. The molecule has 1 heterocycles. The zero-order valence-electron chi connectivity index (χ0n) is 55.5. The number of esters is 2. The van der Waals surface area contributed by atoms with Crippen LogP contribution in [0.4, 0.5) is 10.5 Å². The van der Waals surface area contributed by atoms with Crippen LogP contribution in [0.25, 0.3) is 0 Å². The lowest BCUT2D eigenvalue weighted by Gasteiger charge is -2.23. The number of amidine groups is 1. The number of allylic oxidation sites excluding steroid dienone is 3. The Labute approximate surface area is 528 Å². The third-order valence-electron chi connectivity index (χ3n) is 11.7. The maximum absolute atomic E-state index is 13.1. The number of benzene rings is 2. The highest BCUT2D eigenvalue weighted by Crippen LogP contribution is 2.26. The van der Waals surface area contributed by atoms with Gasteiger partial charge in [0.1, 0.15) is 35.1 Å². The predicted molar refractivity (Wildman–Crippen MR) is 347 cm³/mol. The Kier molecular flexibility index (Phi) is 42.4. The topological polar surface area (TPSA) is 363 Å². The van der Waals surface area contributed by atoms with Crippen molar-refractivity contribution in [2.75, 3.05) is 52.4 Å². The summed E-state index contributed by atoms with van der Waals surface area (Å²) in [6.45, 7) is 30.0. The molecule has 0 radical (unpaired) electrons. The first-order valence-corrected chi connectivity index (χ1v) is 31.3. The van der Waals surface area contributed by atoms with E-state index >= 15 is 0 Å². The first kappa shape index (κ1) is 83.2. The summed E-state index contributed by atoms with van der Waals surface area (Å²) in [5.41, 5.74) is 7.53. The first-order valence-electron chi connectivity index (χ1n) is 29.9. The molecule has 89 heavy (non-hydrogen) atoms. The van der Waals surface area contributed by atoms with Gasteiger partial charge >= 0.3 is 18.0 Å². The number of hydrogen-bond acceptors (Lipinski definition) is 19. The number of nitrogens with two attached hydrogens (primary N) is 1. The third kappa shape index (κ3) is 38.2.